The van der Waals surface area contributed by atoms with E-state index in [1.54, 1.807) is 46.4 Å². The van der Waals surface area contributed by atoms with Gasteiger partial charge in [0, 0.05) is 95.4 Å². The van der Waals surface area contributed by atoms with Crippen LogP contribution in [0.5, 0.6) is 0 Å². The number of hydrogen-bond donors (Lipinski definition) is 3. The highest BCUT2D eigenvalue weighted by molar-refractivity contribution is 5.85. The number of likely N-dealkylation sites (tertiary alicyclic amines) is 3. The van der Waals surface area contributed by atoms with Gasteiger partial charge in [-0.2, -0.15) is 0 Å². The second-order valence-electron chi connectivity index (χ2n) is 24.5. The number of nitrogens with zero attached hydrogens (tertiary/aromatic N) is 3. The molecule has 3 aromatic rings. The molecule has 0 saturated carbocycles. The quantitative estimate of drug-likeness (QED) is 0.126. The van der Waals surface area contributed by atoms with Gasteiger partial charge < -0.3 is 58.7 Å². The molecule has 7 heterocycles. The average Bonchev–Trinajstić information content (AvgIpc) is 3.53. The largest absolute Gasteiger partial charge is 0.519 e. The third-order valence-corrected chi connectivity index (χ3v) is 13.8. The van der Waals surface area contributed by atoms with Gasteiger partial charge in [0.05, 0.1) is 76.9 Å². The number of carbonyl (C=O) groups is 5. The summed E-state index contributed by atoms with van der Waals surface area (Å²) in [5, 5.41) is 20.0. The van der Waals surface area contributed by atoms with Crippen molar-refractivity contribution in [3.63, 3.8) is 0 Å². The molecule has 1 amide bonds. The first-order valence-electron chi connectivity index (χ1n) is 28.5. The Morgan fingerprint density at radius 2 is 0.864 bits per heavy atom. The summed E-state index contributed by atoms with van der Waals surface area (Å²) in [5.74, 6) is 1.60. The zero-order valence-corrected chi connectivity index (χ0v) is 49.3. The zero-order valence-electron chi connectivity index (χ0n) is 49.3. The summed E-state index contributed by atoms with van der Waals surface area (Å²) in [4.78, 5) is 62.8. The monoisotopic (exact) mass is 1130 g/mol. The molecule has 19 nitrogen and oxygen atoms in total. The molecule has 0 spiro atoms. The SMILES string of the molecule is CC(C)(C)OC(=O)N1CC2COCC(C1)C2O.CC(C)(C)OC(=O)OC(=O)OC(C)(C)C.NCc1ccccc1.O=C1C2COCC1CN(Cc1ccccc1)C2.O=C1CCOCC1.OC1C2COCC1CN(Cc1ccccc1)C2. The number of rotatable bonds is 5. The molecule has 6 atom stereocenters. The first kappa shape index (κ1) is 66.5. The van der Waals surface area contributed by atoms with Crippen LogP contribution in [0.2, 0.25) is 0 Å². The van der Waals surface area contributed by atoms with Crippen molar-refractivity contribution in [3.8, 4) is 0 Å². The molecule has 19 heteroatoms. The van der Waals surface area contributed by atoms with Crippen LogP contribution in [0.15, 0.2) is 91.0 Å². The summed E-state index contributed by atoms with van der Waals surface area (Å²) < 4.78 is 40.4. The summed E-state index contributed by atoms with van der Waals surface area (Å²) in [5.41, 5.74) is 7.34. The van der Waals surface area contributed by atoms with Gasteiger partial charge in [0.25, 0.3) is 0 Å². The molecular formula is C62H92N4O15. The molecule has 7 saturated heterocycles. The molecule has 3 aromatic carbocycles. The number of aliphatic hydroxyl groups excluding tert-OH is 2. The number of carbonyl (C=O) groups excluding carboxylic acids is 5. The Hall–Kier alpha value is -5.35. The van der Waals surface area contributed by atoms with Gasteiger partial charge >= 0.3 is 18.4 Å². The van der Waals surface area contributed by atoms with Crippen molar-refractivity contribution in [2.45, 2.75) is 124 Å². The minimum absolute atomic E-state index is 0.0232. The predicted molar refractivity (Wildman–Crippen MR) is 305 cm³/mol. The maximum atomic E-state index is 11.9. The molecule has 81 heavy (non-hydrogen) atoms. The van der Waals surface area contributed by atoms with Gasteiger partial charge in [-0.25, -0.2) is 14.4 Å². The van der Waals surface area contributed by atoms with Crippen LogP contribution in [-0.2, 0) is 67.1 Å². The van der Waals surface area contributed by atoms with E-state index in [0.29, 0.717) is 109 Å². The van der Waals surface area contributed by atoms with Crippen LogP contribution < -0.4 is 5.73 Å². The second-order valence-corrected chi connectivity index (χ2v) is 24.5. The van der Waals surface area contributed by atoms with Gasteiger partial charge in [-0.1, -0.05) is 91.0 Å². The number of fused-ring (bicyclic) bond motifs is 6. The van der Waals surface area contributed by atoms with Crippen molar-refractivity contribution in [2.24, 2.45) is 41.2 Å². The lowest BCUT2D eigenvalue weighted by atomic mass is 9.84. The van der Waals surface area contributed by atoms with Gasteiger partial charge in [0.2, 0.25) is 0 Å². The van der Waals surface area contributed by atoms with E-state index in [2.05, 4.69) is 63.1 Å². The molecule has 0 aliphatic carbocycles. The lowest BCUT2D eigenvalue weighted by molar-refractivity contribution is -0.145. The first-order valence-corrected chi connectivity index (χ1v) is 28.5. The van der Waals surface area contributed by atoms with Gasteiger partial charge in [0.15, 0.2) is 0 Å². The molecule has 7 fully saturated rings. The number of Topliss-reactive ketones (excluding diaryl/α,β-unsaturated/α-hetero) is 2. The Morgan fingerprint density at radius 1 is 0.506 bits per heavy atom. The highest BCUT2D eigenvalue weighted by atomic mass is 16.8. The fourth-order valence-electron chi connectivity index (χ4n) is 10.0. The predicted octanol–water partition coefficient (Wildman–Crippen LogP) is 7.70. The number of nitrogens with two attached hydrogens (primary N) is 1. The summed E-state index contributed by atoms with van der Waals surface area (Å²) in [7, 11) is 0. The Labute approximate surface area is 480 Å². The van der Waals surface area contributed by atoms with E-state index in [1.807, 2.05) is 63.2 Å². The molecule has 7 aliphatic rings. The highest BCUT2D eigenvalue weighted by Gasteiger charge is 2.43. The third kappa shape index (κ3) is 25.0. The number of ketones is 2. The van der Waals surface area contributed by atoms with Crippen LogP contribution in [0.1, 0.15) is 91.8 Å². The molecule has 4 N–H and O–H groups in total. The zero-order chi connectivity index (χ0) is 59.2. The van der Waals surface area contributed by atoms with E-state index in [9.17, 15) is 34.2 Å². The van der Waals surface area contributed by atoms with Crippen LogP contribution in [0.3, 0.4) is 0 Å². The molecule has 0 radical (unpaired) electrons. The molecular weight excluding hydrogens is 1040 g/mol. The standard InChI is InChI=1S/C14H19NO2.C14H17NO2.C12H21NO4.C10H18O5.C7H9N.C5H8O2/c2*16-14-12-7-15(8-13(14)10-17-9-12)6-11-4-2-1-3-5-11;1-12(2,3)17-11(15)13-4-8-6-16-7-9(5-13)10(8)14;1-9(2,3)14-7(11)13-8(12)15-10(4,5)6;8-6-7-4-2-1-3-5-7;6-5-1-3-7-4-2-5/h1-5,12-14,16H,6-10H2;1-5,12-13H,6-10H2;8-10,14H,4-7H2,1-3H3;1-6H3;1-5H,6,8H2;1-4H2. The van der Waals surface area contributed by atoms with Crippen molar-refractivity contribution in [2.75, 3.05) is 92.1 Å². The molecule has 7 aliphatic heterocycles. The topological polar surface area (TPSA) is 235 Å². The van der Waals surface area contributed by atoms with E-state index in [1.165, 1.54) is 16.7 Å². The number of hydrogen-bond acceptors (Lipinski definition) is 18. The second kappa shape index (κ2) is 32.5. The third-order valence-electron chi connectivity index (χ3n) is 13.8. The van der Waals surface area contributed by atoms with E-state index in [-0.39, 0.29) is 42.0 Å². The summed E-state index contributed by atoms with van der Waals surface area (Å²) >= 11 is 0. The lowest BCUT2D eigenvalue weighted by Gasteiger charge is -2.44. The van der Waals surface area contributed by atoms with Crippen LogP contribution >= 0.6 is 0 Å². The average molecular weight is 1130 g/mol. The van der Waals surface area contributed by atoms with Crippen LogP contribution in [0.4, 0.5) is 14.4 Å². The van der Waals surface area contributed by atoms with E-state index in [4.69, 9.17) is 38.9 Å². The van der Waals surface area contributed by atoms with Crippen molar-refractivity contribution < 1.29 is 72.1 Å². The first-order chi connectivity index (χ1) is 38.3. The number of aliphatic hydroxyl groups is 2. The molecule has 0 aromatic heterocycles. The maximum Gasteiger partial charge on any atom is 0.519 e. The van der Waals surface area contributed by atoms with E-state index in [0.717, 1.165) is 39.3 Å². The summed E-state index contributed by atoms with van der Waals surface area (Å²) in [6, 6.07) is 31.0. The fraction of sp³-hybridized carbons (Fsp3) is 0.629. The fourth-order valence-corrected chi connectivity index (χ4v) is 10.0. The van der Waals surface area contributed by atoms with Gasteiger partial charge in [-0.3, -0.25) is 19.4 Å². The Balaban J connectivity index is 0.000000183. The molecule has 450 valence electrons. The minimum Gasteiger partial charge on any atom is -0.444 e. The van der Waals surface area contributed by atoms with Crippen LogP contribution in [0.25, 0.3) is 0 Å². The van der Waals surface area contributed by atoms with E-state index < -0.39 is 29.1 Å². The van der Waals surface area contributed by atoms with Gasteiger partial charge in [-0.15, -0.1) is 0 Å². The molecule has 10 rings (SSSR count). The van der Waals surface area contributed by atoms with Crippen molar-refractivity contribution in [3.05, 3.63) is 108 Å². The number of piperidine rings is 3. The van der Waals surface area contributed by atoms with Crippen molar-refractivity contribution >= 4 is 30.0 Å². The van der Waals surface area contributed by atoms with Crippen molar-refractivity contribution in [1.29, 1.82) is 0 Å². The highest BCUT2D eigenvalue weighted by Crippen LogP contribution is 2.30. The van der Waals surface area contributed by atoms with Crippen molar-refractivity contribution in [1.82, 2.24) is 14.7 Å². The van der Waals surface area contributed by atoms with Gasteiger partial charge in [0.1, 0.15) is 28.4 Å². The lowest BCUT2D eigenvalue weighted by Crippen LogP contribution is -2.57. The normalized spacial score (nSPS) is 25.3. The Bertz CT molecular complexity index is 2280. The Morgan fingerprint density at radius 3 is 1.21 bits per heavy atom. The van der Waals surface area contributed by atoms with Crippen LogP contribution in [-0.4, -0.2) is 176 Å². The minimum atomic E-state index is -1.06. The smallest absolute Gasteiger partial charge is 0.444 e. The molecule has 6 unspecified atom stereocenters. The van der Waals surface area contributed by atoms with Gasteiger partial charge in [-0.05, 0) is 79.0 Å². The number of amides is 1. The maximum absolute atomic E-state index is 11.9. The van der Waals surface area contributed by atoms with Crippen LogP contribution in [0, 0.1) is 35.5 Å². The summed E-state index contributed by atoms with van der Waals surface area (Å²) in [6.45, 7) is 27.8. The summed E-state index contributed by atoms with van der Waals surface area (Å²) in [6.07, 6.45) is -1.66. The number of benzene rings is 3. The number of ether oxygens (including phenoxy) is 8. The molecule has 6 bridgehead atoms. The van der Waals surface area contributed by atoms with E-state index >= 15 is 0 Å². The Kier molecular flexibility index (Phi) is 26.6.